The first kappa shape index (κ1) is 26.8. The van der Waals surface area contributed by atoms with Crippen molar-refractivity contribution in [1.82, 2.24) is 44.7 Å². The smallest absolute Gasteiger partial charge is 0.243 e. The SMILES string of the molecule is Cc1cc(Nc2cc(C)[nH]n2)nc(N2CCC3(CC2)C(=O)N(C(C)c2ccc(-n4cc(F)cn4)nc2)CCN3C)n1. The maximum Gasteiger partial charge on any atom is 0.243 e. The number of likely N-dealkylation sites (N-methyl/N-ethyl adjacent to an activating group) is 1. The van der Waals surface area contributed by atoms with Crippen LogP contribution in [0.25, 0.3) is 5.82 Å². The maximum atomic E-state index is 14.1. The lowest BCUT2D eigenvalue weighted by Crippen LogP contribution is -2.68. The molecule has 4 aromatic rings. The standard InChI is InChI=1S/C28H34FN11O/c1-18-13-23(33-24-14-19(2)35-36-24)34-27(32-18)38-9-7-28(8-10-38)26(41)39(12-11-37(28)4)20(3)21-5-6-25(30-15-21)40-17-22(29)16-31-40/h5-6,13-17,20H,7-12H2,1-4H3,(H2,32,33,34,35,36). The highest BCUT2D eigenvalue weighted by atomic mass is 19.1. The summed E-state index contributed by atoms with van der Waals surface area (Å²) in [6, 6.07) is 7.39. The van der Waals surface area contributed by atoms with Gasteiger partial charge in [0.15, 0.2) is 17.5 Å². The van der Waals surface area contributed by atoms with Crippen molar-refractivity contribution in [3.63, 3.8) is 0 Å². The first-order valence-corrected chi connectivity index (χ1v) is 13.8. The van der Waals surface area contributed by atoms with Gasteiger partial charge in [-0.3, -0.25) is 14.8 Å². The topological polar surface area (TPSA) is 124 Å². The lowest BCUT2D eigenvalue weighted by Gasteiger charge is -2.52. The Hall–Kier alpha value is -4.39. The van der Waals surface area contributed by atoms with Crippen LogP contribution in [-0.2, 0) is 4.79 Å². The number of rotatable bonds is 6. The van der Waals surface area contributed by atoms with Crippen LogP contribution in [0.3, 0.4) is 0 Å². The van der Waals surface area contributed by atoms with Crippen LogP contribution in [0.2, 0.25) is 0 Å². The number of carbonyl (C=O) groups excluding carboxylic acids is 1. The molecule has 6 rings (SSSR count). The molecule has 0 bridgehead atoms. The Morgan fingerprint density at radius 1 is 1.05 bits per heavy atom. The lowest BCUT2D eigenvalue weighted by atomic mass is 9.82. The third kappa shape index (κ3) is 5.12. The number of piperidine rings is 1. The lowest BCUT2D eigenvalue weighted by molar-refractivity contribution is -0.154. The van der Waals surface area contributed by atoms with E-state index in [1.54, 1.807) is 12.3 Å². The number of pyridine rings is 1. The minimum Gasteiger partial charge on any atom is -0.341 e. The molecular formula is C28H34FN11O. The zero-order valence-electron chi connectivity index (χ0n) is 23.7. The molecule has 1 atom stereocenters. The van der Waals surface area contributed by atoms with Crippen LogP contribution in [0, 0.1) is 19.7 Å². The molecule has 2 aliphatic rings. The van der Waals surface area contributed by atoms with E-state index in [1.807, 2.05) is 50.9 Å². The molecule has 4 aromatic heterocycles. The fraction of sp³-hybridized carbons (Fsp3) is 0.429. The molecule has 0 aromatic carbocycles. The summed E-state index contributed by atoms with van der Waals surface area (Å²) in [5, 5.41) is 14.4. The van der Waals surface area contributed by atoms with Crippen LogP contribution < -0.4 is 10.2 Å². The monoisotopic (exact) mass is 559 g/mol. The van der Waals surface area contributed by atoms with Crippen LogP contribution in [0.5, 0.6) is 0 Å². The van der Waals surface area contributed by atoms with Crippen LogP contribution in [0.4, 0.5) is 22.0 Å². The molecule has 2 aliphatic heterocycles. The fourth-order valence-corrected chi connectivity index (χ4v) is 5.80. The number of halogens is 1. The minimum absolute atomic E-state index is 0.137. The highest BCUT2D eigenvalue weighted by Crippen LogP contribution is 2.37. The number of amides is 1. The first-order valence-electron chi connectivity index (χ1n) is 13.8. The van der Waals surface area contributed by atoms with Crippen molar-refractivity contribution in [3.05, 3.63) is 65.6 Å². The Labute approximate surface area is 237 Å². The molecule has 12 nitrogen and oxygen atoms in total. The second-order valence-electron chi connectivity index (χ2n) is 10.9. The van der Waals surface area contributed by atoms with Crippen molar-refractivity contribution in [3.8, 4) is 5.82 Å². The fourth-order valence-electron chi connectivity index (χ4n) is 5.80. The second kappa shape index (κ2) is 10.5. The predicted molar refractivity (Wildman–Crippen MR) is 152 cm³/mol. The number of H-pyrrole nitrogens is 1. The Morgan fingerprint density at radius 2 is 1.85 bits per heavy atom. The average molecular weight is 560 g/mol. The molecule has 2 N–H and O–H groups in total. The molecule has 0 radical (unpaired) electrons. The second-order valence-corrected chi connectivity index (χ2v) is 10.9. The molecule has 0 aliphatic carbocycles. The maximum absolute atomic E-state index is 14.1. The third-order valence-corrected chi connectivity index (χ3v) is 8.25. The molecule has 13 heteroatoms. The third-order valence-electron chi connectivity index (χ3n) is 8.25. The van der Waals surface area contributed by atoms with Gasteiger partial charge < -0.3 is 15.1 Å². The molecular weight excluding hydrogens is 525 g/mol. The molecule has 2 fully saturated rings. The van der Waals surface area contributed by atoms with E-state index >= 15 is 0 Å². The number of nitrogens with one attached hydrogen (secondary N) is 2. The normalized spacial score (nSPS) is 18.2. The van der Waals surface area contributed by atoms with E-state index in [9.17, 15) is 9.18 Å². The summed E-state index contributed by atoms with van der Waals surface area (Å²) in [6.07, 6.45) is 5.52. The Bertz CT molecular complexity index is 1540. The van der Waals surface area contributed by atoms with Gasteiger partial charge in [-0.15, -0.1) is 0 Å². The van der Waals surface area contributed by atoms with Gasteiger partial charge in [-0.1, -0.05) is 6.07 Å². The average Bonchev–Trinajstić information content (AvgIpc) is 3.59. The molecule has 41 heavy (non-hydrogen) atoms. The predicted octanol–water partition coefficient (Wildman–Crippen LogP) is 3.15. The van der Waals surface area contributed by atoms with E-state index in [1.165, 1.54) is 10.9 Å². The van der Waals surface area contributed by atoms with Gasteiger partial charge in [0, 0.05) is 55.9 Å². The summed E-state index contributed by atoms with van der Waals surface area (Å²) < 4.78 is 14.8. The van der Waals surface area contributed by atoms with E-state index in [-0.39, 0.29) is 11.9 Å². The van der Waals surface area contributed by atoms with Crippen LogP contribution in [0.1, 0.15) is 42.8 Å². The van der Waals surface area contributed by atoms with Gasteiger partial charge in [0.05, 0.1) is 18.4 Å². The van der Waals surface area contributed by atoms with Crippen molar-refractivity contribution in [1.29, 1.82) is 0 Å². The van der Waals surface area contributed by atoms with E-state index in [0.29, 0.717) is 55.9 Å². The summed E-state index contributed by atoms with van der Waals surface area (Å²) in [5.74, 6) is 2.27. The van der Waals surface area contributed by atoms with E-state index in [0.717, 1.165) is 29.7 Å². The highest BCUT2D eigenvalue weighted by molar-refractivity contribution is 5.88. The van der Waals surface area contributed by atoms with Crippen molar-refractivity contribution in [2.75, 3.05) is 43.4 Å². The van der Waals surface area contributed by atoms with Crippen LogP contribution in [0.15, 0.2) is 42.9 Å². The number of aromatic amines is 1. The molecule has 214 valence electrons. The van der Waals surface area contributed by atoms with Crippen LogP contribution >= 0.6 is 0 Å². The summed E-state index contributed by atoms with van der Waals surface area (Å²) in [7, 11) is 2.05. The van der Waals surface area contributed by atoms with Gasteiger partial charge in [-0.05, 0) is 52.3 Å². The van der Waals surface area contributed by atoms with Gasteiger partial charge in [-0.25, -0.2) is 19.0 Å². The minimum atomic E-state index is -0.583. The quantitative estimate of drug-likeness (QED) is 0.367. The molecule has 6 heterocycles. The van der Waals surface area contributed by atoms with Crippen molar-refractivity contribution in [2.24, 2.45) is 0 Å². The van der Waals surface area contributed by atoms with Crippen molar-refractivity contribution < 1.29 is 9.18 Å². The zero-order valence-corrected chi connectivity index (χ0v) is 23.7. The number of hydrogen-bond acceptors (Lipinski definition) is 9. The number of aromatic nitrogens is 7. The van der Waals surface area contributed by atoms with E-state index in [4.69, 9.17) is 9.97 Å². The molecule has 0 saturated carbocycles. The highest BCUT2D eigenvalue weighted by Gasteiger charge is 2.50. The summed E-state index contributed by atoms with van der Waals surface area (Å²) in [6.45, 7) is 8.68. The van der Waals surface area contributed by atoms with Gasteiger partial charge in [0.25, 0.3) is 0 Å². The van der Waals surface area contributed by atoms with E-state index < -0.39 is 11.4 Å². The number of anilines is 3. The molecule has 1 unspecified atom stereocenters. The first-order chi connectivity index (χ1) is 19.7. The van der Waals surface area contributed by atoms with Crippen molar-refractivity contribution in [2.45, 2.75) is 45.2 Å². The zero-order chi connectivity index (χ0) is 28.7. The number of aryl methyl sites for hydroxylation is 2. The Morgan fingerprint density at radius 3 is 2.51 bits per heavy atom. The molecule has 1 spiro atoms. The van der Waals surface area contributed by atoms with Gasteiger partial charge in [0.2, 0.25) is 11.9 Å². The molecule has 1 amide bonds. The van der Waals surface area contributed by atoms with E-state index in [2.05, 4.69) is 35.4 Å². The molecule has 2 saturated heterocycles. The van der Waals surface area contributed by atoms with Gasteiger partial charge in [0.1, 0.15) is 11.4 Å². The summed E-state index contributed by atoms with van der Waals surface area (Å²) in [5.41, 5.74) is 2.16. The van der Waals surface area contributed by atoms with Crippen LogP contribution in [-0.4, -0.2) is 89.4 Å². The Kier molecular flexibility index (Phi) is 6.89. The number of carbonyl (C=O) groups is 1. The van der Waals surface area contributed by atoms with Gasteiger partial charge in [-0.2, -0.15) is 15.2 Å². The number of nitrogens with zero attached hydrogens (tertiary/aromatic N) is 9. The van der Waals surface area contributed by atoms with Crippen molar-refractivity contribution >= 4 is 23.5 Å². The Balaban J connectivity index is 1.16. The number of hydrogen-bond donors (Lipinski definition) is 2. The van der Waals surface area contributed by atoms with Gasteiger partial charge >= 0.3 is 0 Å². The summed E-state index contributed by atoms with van der Waals surface area (Å²) in [4.78, 5) is 34.4. The largest absolute Gasteiger partial charge is 0.341 e. The number of piperazine rings is 1. The summed E-state index contributed by atoms with van der Waals surface area (Å²) >= 11 is 0.